The lowest BCUT2D eigenvalue weighted by Gasteiger charge is -2.12. The van der Waals surface area contributed by atoms with Crippen molar-refractivity contribution in [1.29, 1.82) is 0 Å². The first-order valence-electron chi connectivity index (χ1n) is 6.56. The maximum Gasteiger partial charge on any atom is 0.0636 e. The zero-order chi connectivity index (χ0) is 13.9. The number of benzene rings is 1. The second-order valence-corrected chi connectivity index (χ2v) is 6.21. The van der Waals surface area contributed by atoms with Crippen molar-refractivity contribution in [3.63, 3.8) is 0 Å². The summed E-state index contributed by atoms with van der Waals surface area (Å²) in [5.74, 6) is 0. The van der Waals surface area contributed by atoms with E-state index in [1.165, 1.54) is 9.58 Å². The molecule has 0 radical (unpaired) electrons. The van der Waals surface area contributed by atoms with Crippen LogP contribution in [0.25, 0.3) is 10.1 Å². The summed E-state index contributed by atoms with van der Waals surface area (Å²) in [4.78, 5) is 5.54. The maximum absolute atomic E-state index is 6.44. The first-order chi connectivity index (χ1) is 9.75. The average molecular weight is 303 g/mol. The van der Waals surface area contributed by atoms with Gasteiger partial charge in [0.25, 0.3) is 0 Å². The van der Waals surface area contributed by atoms with E-state index in [9.17, 15) is 0 Å². The van der Waals surface area contributed by atoms with E-state index in [-0.39, 0.29) is 6.04 Å². The molecule has 102 valence electrons. The van der Waals surface area contributed by atoms with Gasteiger partial charge in [-0.15, -0.1) is 11.3 Å². The topological polar surface area (TPSA) is 24.9 Å². The minimum Gasteiger partial charge on any atom is -0.304 e. The Bertz CT molecular complexity index is 709. The van der Waals surface area contributed by atoms with Gasteiger partial charge in [-0.1, -0.05) is 35.9 Å². The number of hydrogen-bond donors (Lipinski definition) is 1. The Morgan fingerprint density at radius 3 is 2.75 bits per heavy atom. The standard InChI is InChI=1S/C16H15ClN2S/c1-11(13-7-4-5-9-18-13)19-10-15-16(17)12-6-2-3-8-14(12)20-15/h2-9,11,19H,10H2,1H3/t11-/m1/s1. The lowest BCUT2D eigenvalue weighted by atomic mass is 10.2. The van der Waals surface area contributed by atoms with Crippen LogP contribution in [0.3, 0.4) is 0 Å². The Labute approximate surface area is 127 Å². The number of halogens is 1. The van der Waals surface area contributed by atoms with Crippen LogP contribution in [0.2, 0.25) is 5.02 Å². The van der Waals surface area contributed by atoms with Gasteiger partial charge in [0.15, 0.2) is 0 Å². The van der Waals surface area contributed by atoms with Crippen LogP contribution >= 0.6 is 22.9 Å². The van der Waals surface area contributed by atoms with Gasteiger partial charge in [-0.05, 0) is 25.1 Å². The Balaban J connectivity index is 1.76. The molecule has 1 aromatic carbocycles. The second-order valence-electron chi connectivity index (χ2n) is 4.69. The molecule has 0 saturated heterocycles. The third kappa shape index (κ3) is 2.70. The van der Waals surface area contributed by atoms with Gasteiger partial charge < -0.3 is 5.32 Å². The Kier molecular flexibility index (Phi) is 4.01. The molecule has 0 aliphatic heterocycles. The van der Waals surface area contributed by atoms with Crippen molar-refractivity contribution in [2.45, 2.75) is 19.5 Å². The van der Waals surface area contributed by atoms with Crippen molar-refractivity contribution in [2.24, 2.45) is 0 Å². The summed E-state index contributed by atoms with van der Waals surface area (Å²) < 4.78 is 1.24. The molecular weight excluding hydrogens is 288 g/mol. The second kappa shape index (κ2) is 5.92. The predicted octanol–water partition coefficient (Wildman–Crippen LogP) is 4.80. The number of thiophene rings is 1. The number of nitrogens with zero attached hydrogens (tertiary/aromatic N) is 1. The van der Waals surface area contributed by atoms with E-state index < -0.39 is 0 Å². The summed E-state index contributed by atoms with van der Waals surface area (Å²) in [6.45, 7) is 2.87. The third-order valence-electron chi connectivity index (χ3n) is 3.30. The summed E-state index contributed by atoms with van der Waals surface area (Å²) in [5.41, 5.74) is 1.05. The lowest BCUT2D eigenvalue weighted by molar-refractivity contribution is 0.565. The van der Waals surface area contributed by atoms with Gasteiger partial charge in [-0.3, -0.25) is 4.98 Å². The average Bonchev–Trinajstić information content (AvgIpc) is 2.83. The molecule has 3 aromatic rings. The number of rotatable bonds is 4. The molecule has 20 heavy (non-hydrogen) atoms. The van der Waals surface area contributed by atoms with Crippen LogP contribution in [0, 0.1) is 0 Å². The monoisotopic (exact) mass is 302 g/mol. The predicted molar refractivity (Wildman–Crippen MR) is 86.3 cm³/mol. The molecule has 0 fully saturated rings. The largest absolute Gasteiger partial charge is 0.304 e. The molecule has 0 amide bonds. The van der Waals surface area contributed by atoms with Gasteiger partial charge in [0, 0.05) is 33.7 Å². The minimum absolute atomic E-state index is 0.206. The van der Waals surface area contributed by atoms with Crippen LogP contribution in [0.15, 0.2) is 48.7 Å². The van der Waals surface area contributed by atoms with Crippen LogP contribution in [-0.4, -0.2) is 4.98 Å². The normalized spacial score (nSPS) is 12.7. The van der Waals surface area contributed by atoms with Crippen LogP contribution in [0.5, 0.6) is 0 Å². The number of fused-ring (bicyclic) bond motifs is 1. The fourth-order valence-electron chi connectivity index (χ4n) is 2.16. The Hall–Kier alpha value is -1.42. The zero-order valence-corrected chi connectivity index (χ0v) is 12.7. The van der Waals surface area contributed by atoms with Crippen LogP contribution < -0.4 is 5.32 Å². The highest BCUT2D eigenvalue weighted by atomic mass is 35.5. The molecule has 0 bridgehead atoms. The van der Waals surface area contributed by atoms with E-state index >= 15 is 0 Å². The Morgan fingerprint density at radius 2 is 2.00 bits per heavy atom. The summed E-state index contributed by atoms with van der Waals surface area (Å²) in [6, 6.07) is 14.4. The van der Waals surface area contributed by atoms with Gasteiger partial charge in [-0.2, -0.15) is 0 Å². The molecule has 0 aliphatic carbocycles. The van der Waals surface area contributed by atoms with Crippen LogP contribution in [0.4, 0.5) is 0 Å². The van der Waals surface area contributed by atoms with Gasteiger partial charge in [-0.25, -0.2) is 0 Å². The molecule has 0 spiro atoms. The molecule has 4 heteroatoms. The zero-order valence-electron chi connectivity index (χ0n) is 11.1. The van der Waals surface area contributed by atoms with E-state index in [1.54, 1.807) is 11.3 Å². The third-order valence-corrected chi connectivity index (χ3v) is 5.02. The van der Waals surface area contributed by atoms with Crippen molar-refractivity contribution in [3.05, 3.63) is 64.3 Å². The summed E-state index contributed by atoms with van der Waals surface area (Å²) >= 11 is 8.19. The summed E-state index contributed by atoms with van der Waals surface area (Å²) in [6.07, 6.45) is 1.82. The van der Waals surface area contributed by atoms with Crippen molar-refractivity contribution in [3.8, 4) is 0 Å². The molecular formula is C16H15ClN2S. The van der Waals surface area contributed by atoms with E-state index in [2.05, 4.69) is 29.4 Å². The van der Waals surface area contributed by atoms with Crippen molar-refractivity contribution < 1.29 is 0 Å². The molecule has 0 aliphatic rings. The Morgan fingerprint density at radius 1 is 1.20 bits per heavy atom. The van der Waals surface area contributed by atoms with Crippen molar-refractivity contribution in [2.75, 3.05) is 0 Å². The van der Waals surface area contributed by atoms with Gasteiger partial charge in [0.1, 0.15) is 0 Å². The smallest absolute Gasteiger partial charge is 0.0636 e. The first kappa shape index (κ1) is 13.6. The molecule has 0 unspecified atom stereocenters. The molecule has 3 rings (SSSR count). The van der Waals surface area contributed by atoms with Gasteiger partial charge in [0.2, 0.25) is 0 Å². The number of aromatic nitrogens is 1. The first-order valence-corrected chi connectivity index (χ1v) is 7.75. The van der Waals surface area contributed by atoms with Crippen molar-refractivity contribution >= 4 is 33.0 Å². The number of pyridine rings is 1. The SMILES string of the molecule is C[C@@H](NCc1sc2ccccc2c1Cl)c1ccccn1. The molecule has 1 N–H and O–H groups in total. The quantitative estimate of drug-likeness (QED) is 0.749. The summed E-state index contributed by atoms with van der Waals surface area (Å²) in [5, 5.41) is 5.49. The fourth-order valence-corrected chi connectivity index (χ4v) is 3.61. The van der Waals surface area contributed by atoms with E-state index in [0.717, 1.165) is 22.6 Å². The minimum atomic E-state index is 0.206. The molecule has 2 heterocycles. The number of hydrogen-bond acceptors (Lipinski definition) is 3. The van der Waals surface area contributed by atoms with E-state index in [0.29, 0.717) is 0 Å². The highest BCUT2D eigenvalue weighted by molar-refractivity contribution is 7.19. The fraction of sp³-hybridized carbons (Fsp3) is 0.188. The van der Waals surface area contributed by atoms with E-state index in [4.69, 9.17) is 11.6 Å². The van der Waals surface area contributed by atoms with Crippen LogP contribution in [-0.2, 0) is 6.54 Å². The lowest BCUT2D eigenvalue weighted by Crippen LogP contribution is -2.18. The highest BCUT2D eigenvalue weighted by Crippen LogP contribution is 2.35. The molecule has 2 nitrogen and oxygen atoms in total. The van der Waals surface area contributed by atoms with Gasteiger partial charge >= 0.3 is 0 Å². The molecule has 1 atom stereocenters. The maximum atomic E-state index is 6.44. The van der Waals surface area contributed by atoms with E-state index in [1.807, 2.05) is 36.5 Å². The molecule has 0 saturated carbocycles. The van der Waals surface area contributed by atoms with Gasteiger partial charge in [0.05, 0.1) is 10.7 Å². The van der Waals surface area contributed by atoms with Crippen LogP contribution in [0.1, 0.15) is 23.5 Å². The number of nitrogens with one attached hydrogen (secondary N) is 1. The summed E-state index contributed by atoms with van der Waals surface area (Å²) in [7, 11) is 0. The highest BCUT2D eigenvalue weighted by Gasteiger charge is 2.11. The van der Waals surface area contributed by atoms with Crippen molar-refractivity contribution in [1.82, 2.24) is 10.3 Å². The molecule has 2 aromatic heterocycles.